The number of rotatable bonds is 5. The molecule has 0 bridgehead atoms. The summed E-state index contributed by atoms with van der Waals surface area (Å²) < 4.78 is 48.2. The minimum absolute atomic E-state index is 0.135. The van der Waals surface area contributed by atoms with E-state index in [-0.39, 0.29) is 17.1 Å². The summed E-state index contributed by atoms with van der Waals surface area (Å²) in [4.78, 5) is 0. The lowest BCUT2D eigenvalue weighted by molar-refractivity contribution is 0.372. The van der Waals surface area contributed by atoms with E-state index in [0.717, 1.165) is 36.0 Å². The molecule has 1 atom stereocenters. The number of hydrogen-bond acceptors (Lipinski definition) is 1. The number of halogens is 3. The molecule has 164 valence electrons. The second-order valence-electron chi connectivity index (χ2n) is 8.00. The molecular weight excluding hydrogens is 409 g/mol. The SMILES string of the molecule is C/C=C/C1CC=C(c2ccc(-c3ccc(-c4ccc(OC)c(F)c4F)cc3)cc2F)CC1. The Morgan fingerprint density at radius 3 is 2.16 bits per heavy atom. The fourth-order valence-corrected chi connectivity index (χ4v) is 4.26. The highest BCUT2D eigenvalue weighted by atomic mass is 19.2. The molecule has 32 heavy (non-hydrogen) atoms. The van der Waals surface area contributed by atoms with Crippen LogP contribution in [0.25, 0.3) is 27.8 Å². The fraction of sp³-hybridized carbons (Fsp3) is 0.214. The summed E-state index contributed by atoms with van der Waals surface area (Å²) in [5.74, 6) is -1.81. The maximum atomic E-state index is 14.9. The van der Waals surface area contributed by atoms with Crippen molar-refractivity contribution in [3.05, 3.63) is 95.8 Å². The van der Waals surface area contributed by atoms with Crippen LogP contribution < -0.4 is 4.74 Å². The largest absolute Gasteiger partial charge is 0.494 e. The van der Waals surface area contributed by atoms with E-state index in [4.69, 9.17) is 4.74 Å². The van der Waals surface area contributed by atoms with Crippen LogP contribution in [0.2, 0.25) is 0 Å². The van der Waals surface area contributed by atoms with Crippen molar-refractivity contribution in [3.8, 4) is 28.0 Å². The minimum atomic E-state index is -1.01. The molecule has 3 aromatic carbocycles. The zero-order valence-electron chi connectivity index (χ0n) is 18.2. The Labute approximate surface area is 186 Å². The van der Waals surface area contributed by atoms with Crippen molar-refractivity contribution < 1.29 is 17.9 Å². The first kappa shape index (κ1) is 21.9. The van der Waals surface area contributed by atoms with Crippen LogP contribution in [0, 0.1) is 23.4 Å². The third kappa shape index (κ3) is 4.36. The molecule has 0 spiro atoms. The number of benzene rings is 3. The molecule has 0 amide bonds. The second-order valence-corrected chi connectivity index (χ2v) is 8.00. The molecule has 1 unspecified atom stereocenters. The van der Waals surface area contributed by atoms with Gasteiger partial charge in [-0.15, -0.1) is 0 Å². The van der Waals surface area contributed by atoms with Gasteiger partial charge in [0.15, 0.2) is 11.6 Å². The van der Waals surface area contributed by atoms with Crippen LogP contribution in [0.1, 0.15) is 31.7 Å². The highest BCUT2D eigenvalue weighted by Gasteiger charge is 2.17. The van der Waals surface area contributed by atoms with Crippen molar-refractivity contribution in [1.82, 2.24) is 0 Å². The molecule has 0 fully saturated rings. The van der Waals surface area contributed by atoms with E-state index in [9.17, 15) is 13.2 Å². The molecule has 0 heterocycles. The van der Waals surface area contributed by atoms with Gasteiger partial charge in [-0.1, -0.05) is 54.6 Å². The van der Waals surface area contributed by atoms with Gasteiger partial charge >= 0.3 is 0 Å². The predicted molar refractivity (Wildman–Crippen MR) is 124 cm³/mol. The number of ether oxygens (including phenoxy) is 1. The maximum absolute atomic E-state index is 14.9. The average molecular weight is 435 g/mol. The molecule has 4 rings (SSSR count). The molecule has 0 saturated carbocycles. The first-order valence-corrected chi connectivity index (χ1v) is 10.8. The third-order valence-electron chi connectivity index (χ3n) is 6.03. The zero-order valence-corrected chi connectivity index (χ0v) is 18.2. The Morgan fingerprint density at radius 2 is 1.53 bits per heavy atom. The molecule has 0 radical (unpaired) electrons. The number of methoxy groups -OCH3 is 1. The summed E-state index contributed by atoms with van der Waals surface area (Å²) in [6.45, 7) is 2.02. The van der Waals surface area contributed by atoms with Gasteiger partial charge in [0.05, 0.1) is 7.11 Å². The van der Waals surface area contributed by atoms with Crippen LogP contribution in [0.5, 0.6) is 5.75 Å². The van der Waals surface area contributed by atoms with E-state index in [1.807, 2.05) is 19.1 Å². The Kier molecular flexibility index (Phi) is 6.50. The van der Waals surface area contributed by atoms with Crippen molar-refractivity contribution in [2.45, 2.75) is 26.2 Å². The average Bonchev–Trinajstić information content (AvgIpc) is 2.82. The molecule has 3 aromatic rings. The molecule has 0 N–H and O–H groups in total. The Bertz CT molecular complexity index is 1180. The van der Waals surface area contributed by atoms with Gasteiger partial charge < -0.3 is 4.74 Å². The highest BCUT2D eigenvalue weighted by molar-refractivity contribution is 5.74. The van der Waals surface area contributed by atoms with E-state index in [1.165, 1.54) is 25.3 Å². The summed E-state index contributed by atoms with van der Waals surface area (Å²) in [6, 6.07) is 15.1. The topological polar surface area (TPSA) is 9.23 Å². The summed E-state index contributed by atoms with van der Waals surface area (Å²) in [5.41, 5.74) is 3.94. The molecule has 0 saturated heterocycles. The monoisotopic (exact) mass is 434 g/mol. The first-order chi connectivity index (χ1) is 15.5. The number of allylic oxidation sites excluding steroid dienone is 4. The van der Waals surface area contributed by atoms with Crippen LogP contribution in [-0.4, -0.2) is 7.11 Å². The van der Waals surface area contributed by atoms with Crippen molar-refractivity contribution in [3.63, 3.8) is 0 Å². The van der Waals surface area contributed by atoms with E-state index in [2.05, 4.69) is 18.2 Å². The lowest BCUT2D eigenvalue weighted by Crippen LogP contribution is -2.03. The minimum Gasteiger partial charge on any atom is -0.494 e. The van der Waals surface area contributed by atoms with E-state index in [1.54, 1.807) is 24.3 Å². The predicted octanol–water partition coefficient (Wildman–Crippen LogP) is 8.21. The molecule has 0 aromatic heterocycles. The van der Waals surface area contributed by atoms with Gasteiger partial charge in [-0.3, -0.25) is 0 Å². The van der Waals surface area contributed by atoms with Gasteiger partial charge in [-0.25, -0.2) is 8.78 Å². The standard InChI is InChI=1S/C28H25F3O/c1-3-4-18-5-7-20(8-6-18)23-14-13-22(17-25(23)29)19-9-11-21(12-10-19)24-15-16-26(32-2)28(31)27(24)30/h3-4,7,9-18H,5-6,8H2,1-2H3/b4-3+. The fourth-order valence-electron chi connectivity index (χ4n) is 4.26. The summed E-state index contributed by atoms with van der Waals surface area (Å²) >= 11 is 0. The van der Waals surface area contributed by atoms with Crippen molar-refractivity contribution >= 4 is 5.57 Å². The smallest absolute Gasteiger partial charge is 0.201 e. The van der Waals surface area contributed by atoms with Crippen LogP contribution in [0.3, 0.4) is 0 Å². The van der Waals surface area contributed by atoms with Gasteiger partial charge in [-0.2, -0.15) is 4.39 Å². The zero-order chi connectivity index (χ0) is 22.7. The van der Waals surface area contributed by atoms with Crippen LogP contribution in [-0.2, 0) is 0 Å². The highest BCUT2D eigenvalue weighted by Crippen LogP contribution is 2.35. The molecule has 1 nitrogen and oxygen atoms in total. The van der Waals surface area contributed by atoms with E-state index >= 15 is 0 Å². The van der Waals surface area contributed by atoms with Crippen LogP contribution in [0.15, 0.2) is 72.8 Å². The maximum Gasteiger partial charge on any atom is 0.201 e. The third-order valence-corrected chi connectivity index (χ3v) is 6.03. The Balaban J connectivity index is 1.57. The van der Waals surface area contributed by atoms with Gasteiger partial charge in [0.1, 0.15) is 5.82 Å². The van der Waals surface area contributed by atoms with Crippen molar-refractivity contribution in [1.29, 1.82) is 0 Å². The molecular formula is C28H25F3O. The van der Waals surface area contributed by atoms with Gasteiger partial charge in [-0.05, 0) is 72.6 Å². The summed E-state index contributed by atoms with van der Waals surface area (Å²) in [5, 5.41) is 0. The molecule has 1 aliphatic carbocycles. The van der Waals surface area contributed by atoms with Gasteiger partial charge in [0, 0.05) is 11.1 Å². The molecule has 4 heteroatoms. The van der Waals surface area contributed by atoms with Crippen LogP contribution >= 0.6 is 0 Å². The van der Waals surface area contributed by atoms with E-state index < -0.39 is 11.6 Å². The molecule has 1 aliphatic rings. The lowest BCUT2D eigenvalue weighted by atomic mass is 9.86. The van der Waals surface area contributed by atoms with Gasteiger partial charge in [0.25, 0.3) is 0 Å². The normalized spacial score (nSPS) is 16.3. The van der Waals surface area contributed by atoms with Crippen molar-refractivity contribution in [2.75, 3.05) is 7.11 Å². The number of hydrogen-bond donors (Lipinski definition) is 0. The summed E-state index contributed by atoms with van der Waals surface area (Å²) in [6.07, 6.45) is 9.26. The molecule has 0 aliphatic heterocycles. The quantitative estimate of drug-likeness (QED) is 0.368. The van der Waals surface area contributed by atoms with E-state index in [0.29, 0.717) is 17.0 Å². The Morgan fingerprint density at radius 1 is 0.844 bits per heavy atom. The van der Waals surface area contributed by atoms with Crippen LogP contribution in [0.4, 0.5) is 13.2 Å². The lowest BCUT2D eigenvalue weighted by Gasteiger charge is -2.20. The Hall–Kier alpha value is -3.27. The summed E-state index contributed by atoms with van der Waals surface area (Å²) in [7, 11) is 1.29. The first-order valence-electron chi connectivity index (χ1n) is 10.8. The van der Waals surface area contributed by atoms with Gasteiger partial charge in [0.2, 0.25) is 5.82 Å². The second kappa shape index (κ2) is 9.47. The van der Waals surface area contributed by atoms with Crippen molar-refractivity contribution in [2.24, 2.45) is 5.92 Å².